The summed E-state index contributed by atoms with van der Waals surface area (Å²) in [6.07, 6.45) is 0. The highest BCUT2D eigenvalue weighted by Gasteiger charge is 2.37. The van der Waals surface area contributed by atoms with E-state index in [1.807, 2.05) is 0 Å². The van der Waals surface area contributed by atoms with Gasteiger partial charge in [-0.25, -0.2) is 0 Å². The minimum Gasteiger partial charge on any atom is -0.310 e. The van der Waals surface area contributed by atoms with Gasteiger partial charge in [0.1, 0.15) is 0 Å². The SMILES string of the molecule is CC1(C)c2cc3ccccc3cc2-c2cc3ccc(N(c4ccc(-c5ccccc5)cc4)c4ccc5cc6c(cc5c4)C(C)(C)c4cc5ccccc5cc4-6)cc3cc21. The predicted octanol–water partition coefficient (Wildman–Crippen LogP) is 16.0. The quantitative estimate of drug-likeness (QED) is 0.173. The minimum atomic E-state index is -0.107. The van der Waals surface area contributed by atoms with E-state index >= 15 is 0 Å². The van der Waals surface area contributed by atoms with Crippen molar-refractivity contribution in [1.29, 1.82) is 0 Å². The molecular formula is C58H43N. The van der Waals surface area contributed by atoms with E-state index in [1.54, 1.807) is 0 Å². The van der Waals surface area contributed by atoms with Gasteiger partial charge in [-0.1, -0.05) is 131 Å². The number of nitrogens with zero attached hydrogens (tertiary/aromatic N) is 1. The molecule has 1 nitrogen and oxygen atoms in total. The molecule has 12 rings (SSSR count). The molecule has 280 valence electrons. The molecule has 0 unspecified atom stereocenters. The van der Waals surface area contributed by atoms with E-state index in [4.69, 9.17) is 0 Å². The second kappa shape index (κ2) is 12.3. The van der Waals surface area contributed by atoms with Crippen molar-refractivity contribution in [3.63, 3.8) is 0 Å². The summed E-state index contributed by atoms with van der Waals surface area (Å²) in [6, 6.07) is 70.7. The highest BCUT2D eigenvalue weighted by molar-refractivity contribution is 6.02. The average Bonchev–Trinajstić information content (AvgIpc) is 3.61. The molecule has 0 amide bonds. The van der Waals surface area contributed by atoms with Crippen molar-refractivity contribution in [2.24, 2.45) is 0 Å². The lowest BCUT2D eigenvalue weighted by molar-refractivity contribution is 0.662. The minimum absolute atomic E-state index is 0.107. The second-order valence-corrected chi connectivity index (χ2v) is 17.8. The van der Waals surface area contributed by atoms with E-state index in [0.717, 1.165) is 17.1 Å². The number of benzene rings is 10. The highest BCUT2D eigenvalue weighted by Crippen LogP contribution is 2.53. The molecule has 10 aromatic rings. The second-order valence-electron chi connectivity index (χ2n) is 17.8. The molecule has 0 aromatic heterocycles. The van der Waals surface area contributed by atoms with Gasteiger partial charge < -0.3 is 4.90 Å². The summed E-state index contributed by atoms with van der Waals surface area (Å²) in [5, 5.41) is 10.2. The van der Waals surface area contributed by atoms with E-state index in [1.165, 1.54) is 98.7 Å². The van der Waals surface area contributed by atoms with E-state index in [0.29, 0.717) is 0 Å². The smallest absolute Gasteiger partial charge is 0.0468 e. The van der Waals surface area contributed by atoms with Gasteiger partial charge in [0.15, 0.2) is 0 Å². The molecule has 2 aliphatic rings. The molecule has 0 spiro atoms. The molecule has 0 fully saturated rings. The van der Waals surface area contributed by atoms with Gasteiger partial charge in [0.05, 0.1) is 0 Å². The summed E-state index contributed by atoms with van der Waals surface area (Å²) in [5.74, 6) is 0. The zero-order valence-electron chi connectivity index (χ0n) is 33.8. The van der Waals surface area contributed by atoms with Gasteiger partial charge in [-0.3, -0.25) is 0 Å². The third-order valence-electron chi connectivity index (χ3n) is 13.7. The molecule has 59 heavy (non-hydrogen) atoms. The van der Waals surface area contributed by atoms with Crippen molar-refractivity contribution < 1.29 is 0 Å². The van der Waals surface area contributed by atoms with Crippen LogP contribution in [0.2, 0.25) is 0 Å². The lowest BCUT2D eigenvalue weighted by Crippen LogP contribution is -2.15. The number of rotatable bonds is 4. The summed E-state index contributed by atoms with van der Waals surface area (Å²) in [7, 11) is 0. The van der Waals surface area contributed by atoms with Gasteiger partial charge in [0, 0.05) is 27.9 Å². The average molecular weight is 754 g/mol. The summed E-state index contributed by atoms with van der Waals surface area (Å²) >= 11 is 0. The zero-order chi connectivity index (χ0) is 39.6. The molecule has 0 bridgehead atoms. The summed E-state index contributed by atoms with van der Waals surface area (Å²) in [6.45, 7) is 9.54. The van der Waals surface area contributed by atoms with Gasteiger partial charge in [-0.15, -0.1) is 0 Å². The summed E-state index contributed by atoms with van der Waals surface area (Å²) in [5.41, 5.74) is 16.6. The van der Waals surface area contributed by atoms with Gasteiger partial charge in [-0.05, 0) is 184 Å². The molecule has 0 aliphatic heterocycles. The van der Waals surface area contributed by atoms with Gasteiger partial charge in [0.2, 0.25) is 0 Å². The Hall–Kier alpha value is -6.96. The van der Waals surface area contributed by atoms with Gasteiger partial charge >= 0.3 is 0 Å². The molecule has 2 aliphatic carbocycles. The van der Waals surface area contributed by atoms with Crippen molar-refractivity contribution in [2.45, 2.75) is 38.5 Å². The summed E-state index contributed by atoms with van der Waals surface area (Å²) < 4.78 is 0. The van der Waals surface area contributed by atoms with Gasteiger partial charge in [0.25, 0.3) is 0 Å². The van der Waals surface area contributed by atoms with Crippen LogP contribution in [0, 0.1) is 0 Å². The maximum atomic E-state index is 2.46. The van der Waals surface area contributed by atoms with E-state index < -0.39 is 0 Å². The van der Waals surface area contributed by atoms with Gasteiger partial charge in [-0.2, -0.15) is 0 Å². The van der Waals surface area contributed by atoms with Crippen LogP contribution in [0.15, 0.2) is 188 Å². The number of fused-ring (bicyclic) bond motifs is 10. The van der Waals surface area contributed by atoms with Crippen LogP contribution >= 0.6 is 0 Å². The molecular weight excluding hydrogens is 711 g/mol. The van der Waals surface area contributed by atoms with Crippen LogP contribution in [-0.2, 0) is 10.8 Å². The number of hydrogen-bond donors (Lipinski definition) is 0. The molecule has 0 radical (unpaired) electrons. The topological polar surface area (TPSA) is 3.24 Å². The van der Waals surface area contributed by atoms with Crippen LogP contribution in [0.4, 0.5) is 17.1 Å². The Morgan fingerprint density at radius 2 is 0.593 bits per heavy atom. The Morgan fingerprint density at radius 3 is 1.02 bits per heavy atom. The standard InChI is InChI=1S/C58H43N/c1-57(2)53-32-40-16-10-8-14-38(40)28-49(53)51-30-42-20-24-47(26-44(42)34-55(51)57)59(46-22-18-37(19-23-46)36-12-6-5-7-13-36)48-25-21-43-31-52-50-29-39-15-9-11-17-41(39)33-54(50)58(3,4)56(52)35-45(43)27-48/h5-35H,1-4H3. The Morgan fingerprint density at radius 1 is 0.271 bits per heavy atom. The molecule has 0 N–H and O–H groups in total. The van der Waals surface area contributed by atoms with Crippen molar-refractivity contribution >= 4 is 60.2 Å². The molecule has 0 atom stereocenters. The first-order chi connectivity index (χ1) is 28.7. The van der Waals surface area contributed by atoms with Crippen LogP contribution in [-0.4, -0.2) is 0 Å². The Kier molecular flexibility index (Phi) is 7.10. The zero-order valence-corrected chi connectivity index (χ0v) is 33.8. The first kappa shape index (κ1) is 34.1. The first-order valence-corrected chi connectivity index (χ1v) is 20.9. The largest absolute Gasteiger partial charge is 0.310 e. The van der Waals surface area contributed by atoms with Crippen molar-refractivity contribution in [3.8, 4) is 33.4 Å². The number of hydrogen-bond acceptors (Lipinski definition) is 1. The molecule has 1 heteroatoms. The fourth-order valence-electron chi connectivity index (χ4n) is 10.5. The molecule has 10 aromatic carbocycles. The van der Waals surface area contributed by atoms with Crippen molar-refractivity contribution in [1.82, 2.24) is 0 Å². The van der Waals surface area contributed by atoms with E-state index in [-0.39, 0.29) is 10.8 Å². The van der Waals surface area contributed by atoms with Crippen LogP contribution in [0.25, 0.3) is 76.5 Å². The lowest BCUT2D eigenvalue weighted by Gasteiger charge is -2.27. The van der Waals surface area contributed by atoms with Crippen molar-refractivity contribution in [3.05, 3.63) is 210 Å². The fraction of sp³-hybridized carbons (Fsp3) is 0.103. The number of anilines is 3. The van der Waals surface area contributed by atoms with Crippen LogP contribution in [0.1, 0.15) is 49.9 Å². The molecule has 0 saturated heterocycles. The Labute approximate surface area is 345 Å². The Bertz CT molecular complexity index is 3180. The normalized spacial score (nSPS) is 14.4. The van der Waals surface area contributed by atoms with Crippen LogP contribution < -0.4 is 4.90 Å². The maximum Gasteiger partial charge on any atom is 0.0468 e. The first-order valence-electron chi connectivity index (χ1n) is 20.9. The van der Waals surface area contributed by atoms with Crippen LogP contribution in [0.5, 0.6) is 0 Å². The van der Waals surface area contributed by atoms with E-state index in [2.05, 4.69) is 221 Å². The summed E-state index contributed by atoms with van der Waals surface area (Å²) in [4.78, 5) is 2.44. The predicted molar refractivity (Wildman–Crippen MR) is 252 cm³/mol. The monoisotopic (exact) mass is 753 g/mol. The molecule has 0 heterocycles. The Balaban J connectivity index is 1.01. The van der Waals surface area contributed by atoms with Crippen LogP contribution in [0.3, 0.4) is 0 Å². The fourth-order valence-corrected chi connectivity index (χ4v) is 10.5. The highest BCUT2D eigenvalue weighted by atomic mass is 15.1. The van der Waals surface area contributed by atoms with E-state index in [9.17, 15) is 0 Å². The third-order valence-corrected chi connectivity index (χ3v) is 13.7. The molecule has 0 saturated carbocycles. The maximum absolute atomic E-state index is 2.46. The lowest BCUT2D eigenvalue weighted by atomic mass is 9.81. The van der Waals surface area contributed by atoms with Crippen molar-refractivity contribution in [2.75, 3.05) is 4.90 Å². The third kappa shape index (κ3) is 5.11.